The second kappa shape index (κ2) is 9.28. The summed E-state index contributed by atoms with van der Waals surface area (Å²) >= 11 is 1.19. The number of rotatable bonds is 6. The van der Waals surface area contributed by atoms with Crippen LogP contribution in [0, 0.1) is 0 Å². The molecule has 2 N–H and O–H groups in total. The van der Waals surface area contributed by atoms with Gasteiger partial charge in [-0.2, -0.15) is 0 Å². The average molecular weight is 310 g/mol. The van der Waals surface area contributed by atoms with Gasteiger partial charge in [0.15, 0.2) is 0 Å². The number of thioether (sulfide) groups is 1. The summed E-state index contributed by atoms with van der Waals surface area (Å²) in [7, 11) is 0. The maximum atomic E-state index is 11.7. The molecule has 0 radical (unpaired) electrons. The molecule has 1 atom stereocenters. The van der Waals surface area contributed by atoms with Crippen molar-refractivity contribution in [3.8, 4) is 5.75 Å². The minimum Gasteiger partial charge on any atom is -0.410 e. The van der Waals surface area contributed by atoms with Crippen molar-refractivity contribution in [2.24, 2.45) is 0 Å². The molecule has 0 saturated carbocycles. The van der Waals surface area contributed by atoms with Crippen molar-refractivity contribution in [1.82, 2.24) is 5.32 Å². The van der Waals surface area contributed by atoms with Crippen LogP contribution in [0.2, 0.25) is 0 Å². The van der Waals surface area contributed by atoms with E-state index < -0.39 is 6.09 Å². The van der Waals surface area contributed by atoms with Crippen LogP contribution in [0.4, 0.5) is 15.3 Å². The second-order valence-corrected chi connectivity index (χ2v) is 5.83. The van der Waals surface area contributed by atoms with Gasteiger partial charge in [0.05, 0.1) is 0 Å². The summed E-state index contributed by atoms with van der Waals surface area (Å²) in [5, 5.41) is 5.36. The molecule has 0 aliphatic rings. The van der Waals surface area contributed by atoms with Crippen LogP contribution >= 0.6 is 11.8 Å². The Morgan fingerprint density at radius 1 is 1.33 bits per heavy atom. The zero-order valence-corrected chi connectivity index (χ0v) is 13.5. The highest BCUT2D eigenvalue weighted by Crippen LogP contribution is 2.19. The third kappa shape index (κ3) is 7.04. The molecule has 6 heteroatoms. The van der Waals surface area contributed by atoms with Gasteiger partial charge in [-0.05, 0) is 31.2 Å². The van der Waals surface area contributed by atoms with Gasteiger partial charge >= 0.3 is 6.09 Å². The van der Waals surface area contributed by atoms with Crippen LogP contribution in [0.25, 0.3) is 0 Å². The lowest BCUT2D eigenvalue weighted by Gasteiger charge is -2.13. The van der Waals surface area contributed by atoms with Crippen molar-refractivity contribution in [3.05, 3.63) is 24.3 Å². The first-order valence-electron chi connectivity index (χ1n) is 7.07. The Bertz CT molecular complexity index is 480. The third-order valence-corrected chi connectivity index (χ3v) is 3.31. The molecule has 0 aliphatic heterocycles. The van der Waals surface area contributed by atoms with Crippen molar-refractivity contribution in [2.75, 3.05) is 11.1 Å². The Morgan fingerprint density at radius 3 is 2.76 bits per heavy atom. The Labute approximate surface area is 129 Å². The fourth-order valence-corrected chi connectivity index (χ4v) is 2.22. The molecule has 0 aromatic heterocycles. The smallest absolute Gasteiger partial charge is 0.410 e. The molecule has 21 heavy (non-hydrogen) atoms. The van der Waals surface area contributed by atoms with E-state index in [2.05, 4.69) is 17.6 Å². The minimum atomic E-state index is -0.484. The number of ether oxygens (including phenoxy) is 1. The second-order valence-electron chi connectivity index (χ2n) is 4.60. The topological polar surface area (TPSA) is 67.4 Å². The maximum Gasteiger partial charge on any atom is 0.412 e. The summed E-state index contributed by atoms with van der Waals surface area (Å²) in [4.78, 5) is 23.2. The van der Waals surface area contributed by atoms with Gasteiger partial charge in [-0.25, -0.2) is 4.79 Å². The molecule has 1 aromatic rings. The molecular weight excluding hydrogens is 288 g/mol. The summed E-state index contributed by atoms with van der Waals surface area (Å²) in [5.41, 5.74) is 0.604. The van der Waals surface area contributed by atoms with Crippen LogP contribution < -0.4 is 15.4 Å². The molecular formula is C15H22N2O3S. The van der Waals surface area contributed by atoms with Gasteiger partial charge in [0, 0.05) is 17.8 Å². The summed E-state index contributed by atoms with van der Waals surface area (Å²) in [6.07, 6.45) is 1.42. The van der Waals surface area contributed by atoms with Crippen molar-refractivity contribution in [1.29, 1.82) is 0 Å². The molecule has 116 valence electrons. The molecule has 0 heterocycles. The van der Waals surface area contributed by atoms with Gasteiger partial charge in [0.25, 0.3) is 5.24 Å². The lowest BCUT2D eigenvalue weighted by Crippen LogP contribution is -2.34. The van der Waals surface area contributed by atoms with Crippen molar-refractivity contribution < 1.29 is 14.3 Å². The molecule has 1 unspecified atom stereocenters. The quantitative estimate of drug-likeness (QED) is 0.824. The van der Waals surface area contributed by atoms with Gasteiger partial charge < -0.3 is 15.4 Å². The summed E-state index contributed by atoms with van der Waals surface area (Å²) < 4.78 is 5.21. The van der Waals surface area contributed by atoms with Crippen LogP contribution in [-0.2, 0) is 0 Å². The molecule has 0 fully saturated rings. The van der Waals surface area contributed by atoms with Crippen LogP contribution in [0.3, 0.4) is 0 Å². The molecule has 0 spiro atoms. The summed E-state index contributed by atoms with van der Waals surface area (Å²) in [6, 6.07) is 6.85. The predicted molar refractivity (Wildman–Crippen MR) is 87.1 cm³/mol. The lowest BCUT2D eigenvalue weighted by molar-refractivity contribution is 0.196. The van der Waals surface area contributed by atoms with E-state index in [0.717, 1.165) is 12.8 Å². The van der Waals surface area contributed by atoms with Gasteiger partial charge in [0.1, 0.15) is 5.75 Å². The molecule has 0 saturated heterocycles. The van der Waals surface area contributed by atoms with E-state index in [1.165, 1.54) is 11.8 Å². The zero-order chi connectivity index (χ0) is 15.7. The van der Waals surface area contributed by atoms with Crippen molar-refractivity contribution in [3.63, 3.8) is 0 Å². The van der Waals surface area contributed by atoms with Gasteiger partial charge in [-0.1, -0.05) is 38.1 Å². The Kier molecular flexibility index (Phi) is 7.68. The number of carbonyl (C=O) groups excluding carboxylic acids is 2. The SMILES string of the molecule is CCCC(C)NC(=O)Oc1cccc(NC(=O)SCC)c1. The van der Waals surface area contributed by atoms with E-state index in [4.69, 9.17) is 4.74 Å². The number of hydrogen-bond acceptors (Lipinski definition) is 4. The van der Waals surface area contributed by atoms with E-state index in [1.54, 1.807) is 24.3 Å². The third-order valence-electron chi connectivity index (χ3n) is 2.65. The van der Waals surface area contributed by atoms with Crippen LogP contribution in [0.5, 0.6) is 5.75 Å². The largest absolute Gasteiger partial charge is 0.412 e. The van der Waals surface area contributed by atoms with Crippen LogP contribution in [0.15, 0.2) is 24.3 Å². The lowest BCUT2D eigenvalue weighted by atomic mass is 10.2. The number of nitrogens with one attached hydrogen (secondary N) is 2. The number of benzene rings is 1. The standard InChI is InChI=1S/C15H22N2O3S/c1-4-7-11(3)16-14(18)20-13-9-6-8-12(10-13)17-15(19)21-5-2/h6,8-11H,4-5,7H2,1-3H3,(H,16,18)(H,17,19). The van der Waals surface area contributed by atoms with Crippen molar-refractivity contribution >= 4 is 28.8 Å². The highest BCUT2D eigenvalue weighted by Gasteiger charge is 2.09. The molecule has 5 nitrogen and oxygen atoms in total. The normalized spacial score (nSPS) is 11.6. The Balaban J connectivity index is 2.55. The summed E-state index contributed by atoms with van der Waals surface area (Å²) in [5.74, 6) is 1.11. The van der Waals surface area contributed by atoms with E-state index in [1.807, 2.05) is 13.8 Å². The van der Waals surface area contributed by atoms with Gasteiger partial charge in [-0.15, -0.1) is 0 Å². The maximum absolute atomic E-state index is 11.7. The zero-order valence-electron chi connectivity index (χ0n) is 12.6. The van der Waals surface area contributed by atoms with Gasteiger partial charge in [-0.3, -0.25) is 4.79 Å². The Morgan fingerprint density at radius 2 is 2.10 bits per heavy atom. The first kappa shape index (κ1) is 17.4. The number of anilines is 1. The Hall–Kier alpha value is -1.69. The number of hydrogen-bond donors (Lipinski definition) is 2. The van der Waals surface area contributed by atoms with Crippen molar-refractivity contribution in [2.45, 2.75) is 39.7 Å². The van der Waals surface area contributed by atoms with E-state index >= 15 is 0 Å². The highest BCUT2D eigenvalue weighted by atomic mass is 32.2. The molecule has 0 bridgehead atoms. The first-order valence-corrected chi connectivity index (χ1v) is 8.05. The van der Waals surface area contributed by atoms with E-state index in [0.29, 0.717) is 17.2 Å². The molecule has 0 aliphatic carbocycles. The fourth-order valence-electron chi connectivity index (χ4n) is 1.77. The highest BCUT2D eigenvalue weighted by molar-refractivity contribution is 8.13. The van der Waals surface area contributed by atoms with Gasteiger partial charge in [0.2, 0.25) is 0 Å². The number of amides is 2. The van der Waals surface area contributed by atoms with Crippen LogP contribution in [0.1, 0.15) is 33.6 Å². The number of carbonyl (C=O) groups is 2. The van der Waals surface area contributed by atoms with E-state index in [-0.39, 0.29) is 11.3 Å². The molecule has 1 rings (SSSR count). The van der Waals surface area contributed by atoms with Crippen LogP contribution in [-0.4, -0.2) is 23.1 Å². The molecule has 2 amide bonds. The monoisotopic (exact) mass is 310 g/mol. The summed E-state index contributed by atoms with van der Waals surface area (Å²) in [6.45, 7) is 5.90. The fraction of sp³-hybridized carbons (Fsp3) is 0.467. The first-order chi connectivity index (χ1) is 10.0. The average Bonchev–Trinajstić information content (AvgIpc) is 2.39. The predicted octanol–water partition coefficient (Wildman–Crippen LogP) is 4.25. The minimum absolute atomic E-state index is 0.0753. The molecule has 1 aromatic carbocycles. The van der Waals surface area contributed by atoms with E-state index in [9.17, 15) is 9.59 Å².